The molecule has 3 saturated carbocycles. The lowest BCUT2D eigenvalue weighted by Crippen LogP contribution is -2.69. The van der Waals surface area contributed by atoms with E-state index in [1.807, 2.05) is 0 Å². The molecular weight excluding hydrogens is 457 g/mol. The number of Topliss-reactive ketones (excluding diaryl/α,β-unsaturated/α-hetero) is 1. The molecule has 3 unspecified atom stereocenters. The van der Waals surface area contributed by atoms with E-state index in [-0.39, 0.29) is 29.4 Å². The highest BCUT2D eigenvalue weighted by molar-refractivity contribution is 6.45. The third-order valence-corrected chi connectivity index (χ3v) is 10.7. The largest absolute Gasteiger partial charge is 0.381 e. The molecule has 0 saturated heterocycles. The van der Waals surface area contributed by atoms with Crippen LogP contribution in [0.3, 0.4) is 0 Å². The first-order valence-electron chi connectivity index (χ1n) is 10.2. The lowest BCUT2D eigenvalue weighted by atomic mass is 9.46. The number of allylic oxidation sites excluding steroid dienone is 4. The second-order valence-electron chi connectivity index (χ2n) is 9.86. The van der Waals surface area contributed by atoms with Gasteiger partial charge >= 0.3 is 0 Å². The average molecular weight is 482 g/mol. The number of fused-ring (bicyclic) bond motifs is 5. The zero-order valence-corrected chi connectivity index (χ0v) is 19.3. The van der Waals surface area contributed by atoms with Gasteiger partial charge in [-0.15, -0.1) is 23.2 Å². The van der Waals surface area contributed by atoms with Crippen LogP contribution in [0, 0.1) is 28.6 Å². The van der Waals surface area contributed by atoms with Crippen molar-refractivity contribution in [1.29, 1.82) is 0 Å². The first kappa shape index (κ1) is 22.7. The molecule has 0 bridgehead atoms. The van der Waals surface area contributed by atoms with Crippen molar-refractivity contribution in [3.05, 3.63) is 22.8 Å². The smallest absolute Gasteiger partial charge is 0.196 e. The van der Waals surface area contributed by atoms with Crippen molar-refractivity contribution in [2.45, 2.75) is 62.1 Å². The highest BCUT2D eigenvalue weighted by Gasteiger charge is 2.75. The van der Waals surface area contributed by atoms with Gasteiger partial charge in [-0.1, -0.05) is 38.4 Å². The van der Waals surface area contributed by atoms with Gasteiger partial charge < -0.3 is 5.11 Å². The molecule has 0 spiro atoms. The Balaban J connectivity index is 1.89. The molecule has 166 valence electrons. The third-order valence-electron chi connectivity index (χ3n) is 8.79. The molecule has 0 amide bonds. The second-order valence-corrected chi connectivity index (χ2v) is 11.4. The fourth-order valence-corrected chi connectivity index (χ4v) is 8.83. The zero-order valence-electron chi connectivity index (χ0n) is 17.0. The van der Waals surface area contributed by atoms with Gasteiger partial charge in [-0.3, -0.25) is 9.59 Å². The van der Waals surface area contributed by atoms with Gasteiger partial charge in [0.05, 0.1) is 15.3 Å². The Bertz CT molecular complexity index is 891. The van der Waals surface area contributed by atoms with Crippen LogP contribution in [0.5, 0.6) is 0 Å². The summed E-state index contributed by atoms with van der Waals surface area (Å²) in [6, 6.07) is 0. The van der Waals surface area contributed by atoms with E-state index in [2.05, 4.69) is 0 Å². The number of carbonyl (C=O) groups is 2. The van der Waals surface area contributed by atoms with Crippen LogP contribution in [-0.4, -0.2) is 45.4 Å². The maximum atomic E-state index is 15.5. The van der Waals surface area contributed by atoms with Crippen molar-refractivity contribution in [2.24, 2.45) is 28.6 Å². The van der Waals surface area contributed by atoms with Gasteiger partial charge in [0.25, 0.3) is 0 Å². The van der Waals surface area contributed by atoms with Gasteiger partial charge in [0.2, 0.25) is 0 Å². The van der Waals surface area contributed by atoms with Crippen molar-refractivity contribution < 1.29 is 23.5 Å². The molecule has 0 aromatic carbocycles. The molecule has 4 rings (SSSR count). The van der Waals surface area contributed by atoms with Crippen molar-refractivity contribution in [3.63, 3.8) is 0 Å². The molecule has 0 aliphatic heterocycles. The second kappa shape index (κ2) is 6.76. The van der Waals surface area contributed by atoms with Crippen LogP contribution >= 0.6 is 34.8 Å². The predicted molar refractivity (Wildman–Crippen MR) is 112 cm³/mol. The number of hydrogen-bond donors (Lipinski definition) is 1. The Morgan fingerprint density at radius 3 is 2.53 bits per heavy atom. The Hall–Kier alpha value is -0.490. The molecule has 0 heterocycles. The fraction of sp³-hybridized carbons (Fsp3) is 0.727. The molecule has 30 heavy (non-hydrogen) atoms. The Morgan fingerprint density at radius 2 is 1.93 bits per heavy atom. The summed E-state index contributed by atoms with van der Waals surface area (Å²) in [4.78, 5) is 23.5. The maximum Gasteiger partial charge on any atom is 0.196 e. The number of rotatable bonds is 2. The van der Waals surface area contributed by atoms with Gasteiger partial charge in [0.15, 0.2) is 18.2 Å². The summed E-state index contributed by atoms with van der Waals surface area (Å²) in [7, 11) is 0. The minimum Gasteiger partial charge on any atom is -0.381 e. The molecule has 3 nitrogen and oxygen atoms in total. The Morgan fingerprint density at radius 1 is 1.30 bits per heavy atom. The Kier molecular flexibility index (Phi) is 5.11. The topological polar surface area (TPSA) is 54.4 Å². The molecule has 3 fully saturated rings. The number of halogens is 5. The minimum absolute atomic E-state index is 0.0259. The van der Waals surface area contributed by atoms with Gasteiger partial charge in [-0.05, 0) is 48.7 Å². The van der Waals surface area contributed by atoms with E-state index in [0.29, 0.717) is 6.42 Å². The third kappa shape index (κ3) is 2.36. The Labute approximate surface area is 189 Å². The summed E-state index contributed by atoms with van der Waals surface area (Å²) in [5.41, 5.74) is -3.89. The van der Waals surface area contributed by atoms with Gasteiger partial charge in [0.1, 0.15) is 11.8 Å². The van der Waals surface area contributed by atoms with E-state index in [1.54, 1.807) is 26.8 Å². The quantitative estimate of drug-likeness (QED) is 0.571. The number of carbonyl (C=O) groups excluding carboxylic acids is 2. The lowest BCUT2D eigenvalue weighted by molar-refractivity contribution is -0.166. The van der Waals surface area contributed by atoms with Crippen LogP contribution in [0.15, 0.2) is 22.8 Å². The van der Waals surface area contributed by atoms with Gasteiger partial charge in [-0.25, -0.2) is 8.78 Å². The van der Waals surface area contributed by atoms with Crippen LogP contribution in [0.1, 0.15) is 40.0 Å². The summed E-state index contributed by atoms with van der Waals surface area (Å²) in [6.07, 6.45) is 1.92. The van der Waals surface area contributed by atoms with E-state index in [4.69, 9.17) is 34.8 Å². The monoisotopic (exact) mass is 480 g/mol. The highest BCUT2D eigenvalue weighted by Crippen LogP contribution is 2.72. The van der Waals surface area contributed by atoms with Crippen LogP contribution < -0.4 is 0 Å². The first-order valence-corrected chi connectivity index (χ1v) is 11.4. The molecular formula is C22H25Cl3F2O3. The van der Waals surface area contributed by atoms with Crippen molar-refractivity contribution in [1.82, 2.24) is 0 Å². The normalized spacial score (nSPS) is 52.7. The molecule has 8 heteroatoms. The lowest BCUT2D eigenvalue weighted by Gasteiger charge is -2.64. The average Bonchev–Trinajstić information content (AvgIpc) is 2.88. The molecule has 9 atom stereocenters. The first-order chi connectivity index (χ1) is 13.8. The molecule has 0 aromatic heterocycles. The fourth-order valence-electron chi connectivity index (χ4n) is 7.26. The summed E-state index contributed by atoms with van der Waals surface area (Å²) >= 11 is 20.4. The summed E-state index contributed by atoms with van der Waals surface area (Å²) in [5.74, 6) is -2.70. The summed E-state index contributed by atoms with van der Waals surface area (Å²) in [5, 5.41) is 10.5. The van der Waals surface area contributed by atoms with E-state index < -0.39 is 62.9 Å². The van der Waals surface area contributed by atoms with Crippen molar-refractivity contribution >= 4 is 46.4 Å². The van der Waals surface area contributed by atoms with E-state index in [9.17, 15) is 19.1 Å². The standard InChI is InChI=1S/C22H25Cl3F2O3/c1-10-6-11-12-7-13(27)17-18(24)14(28)4-5-19(17,2)21(12,25)15(23)8-20(11,3)22(10,30)16(29)9-26/h4-5,10-13,15,30H,6-9H2,1-3H3/t10?,11-,12-,13?,15?,19-,20-,21-,22-/m0/s1. The molecule has 4 aliphatic rings. The van der Waals surface area contributed by atoms with Crippen LogP contribution in [0.25, 0.3) is 0 Å². The number of ketones is 2. The zero-order chi connectivity index (χ0) is 22.4. The maximum absolute atomic E-state index is 15.5. The molecule has 0 aromatic rings. The molecule has 0 radical (unpaired) electrons. The number of alkyl halides is 4. The number of aliphatic hydroxyl groups is 1. The molecule has 4 aliphatic carbocycles. The summed E-state index contributed by atoms with van der Waals surface area (Å²) < 4.78 is 29.0. The van der Waals surface area contributed by atoms with Crippen LogP contribution in [0.2, 0.25) is 0 Å². The SMILES string of the molecule is CC1C[C@H]2[C@@H]3CC(F)C4=C(Cl)C(=O)C=C[C@]4(C)[C@@]3(Cl)C(Cl)C[C@]2(C)[C@@]1(O)C(=O)CF. The highest BCUT2D eigenvalue weighted by atomic mass is 35.5. The van der Waals surface area contributed by atoms with Gasteiger partial charge in [-0.2, -0.15) is 0 Å². The van der Waals surface area contributed by atoms with Crippen molar-refractivity contribution in [3.8, 4) is 0 Å². The van der Waals surface area contributed by atoms with Crippen LogP contribution in [-0.2, 0) is 9.59 Å². The minimum atomic E-state index is -1.89. The predicted octanol–water partition coefficient (Wildman–Crippen LogP) is 4.90. The van der Waals surface area contributed by atoms with E-state index >= 15 is 4.39 Å². The van der Waals surface area contributed by atoms with E-state index in [0.717, 1.165) is 0 Å². The van der Waals surface area contributed by atoms with Crippen LogP contribution in [0.4, 0.5) is 8.78 Å². The number of hydrogen-bond acceptors (Lipinski definition) is 3. The van der Waals surface area contributed by atoms with Crippen molar-refractivity contribution in [2.75, 3.05) is 6.67 Å². The van der Waals surface area contributed by atoms with E-state index in [1.165, 1.54) is 6.08 Å². The molecule has 1 N–H and O–H groups in total. The van der Waals surface area contributed by atoms with Gasteiger partial charge in [0, 0.05) is 10.8 Å². The summed E-state index contributed by atoms with van der Waals surface area (Å²) in [6.45, 7) is 3.93.